The number of rotatable bonds is 8. The Bertz CT molecular complexity index is 532. The number of likely N-dealkylation sites (N-methyl/N-ethyl adjacent to an activating group) is 1. The summed E-state index contributed by atoms with van der Waals surface area (Å²) in [5, 5.41) is 10.1. The fourth-order valence-electron chi connectivity index (χ4n) is 2.02. The molecule has 0 aliphatic rings. The van der Waals surface area contributed by atoms with Crippen LogP contribution in [0.2, 0.25) is 4.34 Å². The highest BCUT2D eigenvalue weighted by Gasteiger charge is 2.12. The summed E-state index contributed by atoms with van der Waals surface area (Å²) in [5.41, 5.74) is 0. The molecule has 114 valence electrons. The summed E-state index contributed by atoms with van der Waals surface area (Å²) in [6.07, 6.45) is -0.513. The minimum Gasteiger partial charge on any atom is -0.491 e. The van der Waals surface area contributed by atoms with E-state index in [2.05, 4.69) is 11.8 Å². The molecule has 5 heteroatoms. The number of aliphatic hydroxyl groups is 1. The first-order chi connectivity index (χ1) is 10.2. The zero-order chi connectivity index (χ0) is 15.1. The second kappa shape index (κ2) is 8.39. The number of halogens is 1. The lowest BCUT2D eigenvalue weighted by atomic mass is 10.3. The fourth-order valence-corrected chi connectivity index (χ4v) is 3.15. The smallest absolute Gasteiger partial charge is 0.119 e. The van der Waals surface area contributed by atoms with Gasteiger partial charge in [0.2, 0.25) is 0 Å². The summed E-state index contributed by atoms with van der Waals surface area (Å²) in [6, 6.07) is 13.5. The molecule has 2 aromatic rings. The van der Waals surface area contributed by atoms with Gasteiger partial charge >= 0.3 is 0 Å². The SMILES string of the molecule is CCN(Cc1ccc(Cl)s1)CC(O)COc1ccccc1. The van der Waals surface area contributed by atoms with Crippen molar-refractivity contribution in [1.82, 2.24) is 4.90 Å². The van der Waals surface area contributed by atoms with Crippen LogP contribution in [0.3, 0.4) is 0 Å². The van der Waals surface area contributed by atoms with Crippen LogP contribution in [0.4, 0.5) is 0 Å². The zero-order valence-corrected chi connectivity index (χ0v) is 13.6. The van der Waals surface area contributed by atoms with Crippen molar-refractivity contribution in [3.63, 3.8) is 0 Å². The summed E-state index contributed by atoms with van der Waals surface area (Å²) >= 11 is 7.52. The Morgan fingerprint density at radius 1 is 1.24 bits per heavy atom. The molecule has 1 heterocycles. The fraction of sp³-hybridized carbons (Fsp3) is 0.375. The third kappa shape index (κ3) is 5.67. The van der Waals surface area contributed by atoms with Gasteiger partial charge in [-0.2, -0.15) is 0 Å². The maximum atomic E-state index is 10.1. The van der Waals surface area contributed by atoms with Crippen LogP contribution in [-0.2, 0) is 6.54 Å². The van der Waals surface area contributed by atoms with E-state index in [9.17, 15) is 5.11 Å². The van der Waals surface area contributed by atoms with Gasteiger partial charge in [0.15, 0.2) is 0 Å². The largest absolute Gasteiger partial charge is 0.491 e. The summed E-state index contributed by atoms with van der Waals surface area (Å²) in [6.45, 7) is 4.64. The molecule has 0 bridgehead atoms. The van der Waals surface area contributed by atoms with Crippen molar-refractivity contribution >= 4 is 22.9 Å². The van der Waals surface area contributed by atoms with Crippen LogP contribution >= 0.6 is 22.9 Å². The lowest BCUT2D eigenvalue weighted by Gasteiger charge is -2.23. The van der Waals surface area contributed by atoms with E-state index in [0.717, 1.165) is 23.2 Å². The molecule has 0 spiro atoms. The van der Waals surface area contributed by atoms with Crippen molar-refractivity contribution in [2.45, 2.75) is 19.6 Å². The van der Waals surface area contributed by atoms with Crippen LogP contribution in [0.1, 0.15) is 11.8 Å². The van der Waals surface area contributed by atoms with Crippen LogP contribution in [0, 0.1) is 0 Å². The molecule has 1 N–H and O–H groups in total. The number of thiophene rings is 1. The number of benzene rings is 1. The van der Waals surface area contributed by atoms with Gasteiger partial charge in [-0.15, -0.1) is 11.3 Å². The van der Waals surface area contributed by atoms with E-state index in [1.54, 1.807) is 11.3 Å². The number of para-hydroxylation sites is 1. The van der Waals surface area contributed by atoms with Crippen LogP contribution in [0.15, 0.2) is 42.5 Å². The molecular formula is C16H20ClNO2S. The number of hydrogen-bond acceptors (Lipinski definition) is 4. The first-order valence-electron chi connectivity index (χ1n) is 7.00. The average Bonchev–Trinajstić information content (AvgIpc) is 2.90. The third-order valence-corrected chi connectivity index (χ3v) is 4.33. The van der Waals surface area contributed by atoms with E-state index in [0.29, 0.717) is 13.2 Å². The Hall–Kier alpha value is -1.07. The van der Waals surface area contributed by atoms with Gasteiger partial charge in [-0.25, -0.2) is 0 Å². The summed E-state index contributed by atoms with van der Waals surface area (Å²) in [7, 11) is 0. The van der Waals surface area contributed by atoms with Gasteiger partial charge in [0, 0.05) is 18.0 Å². The zero-order valence-electron chi connectivity index (χ0n) is 12.0. The maximum absolute atomic E-state index is 10.1. The predicted octanol–water partition coefficient (Wildman–Crippen LogP) is 3.66. The average molecular weight is 326 g/mol. The van der Waals surface area contributed by atoms with Gasteiger partial charge < -0.3 is 9.84 Å². The van der Waals surface area contributed by atoms with Crippen molar-refractivity contribution in [3.8, 4) is 5.75 Å². The van der Waals surface area contributed by atoms with Crippen molar-refractivity contribution in [1.29, 1.82) is 0 Å². The number of nitrogens with zero attached hydrogens (tertiary/aromatic N) is 1. The van der Waals surface area contributed by atoms with E-state index in [1.165, 1.54) is 4.88 Å². The van der Waals surface area contributed by atoms with Crippen molar-refractivity contribution in [2.75, 3.05) is 19.7 Å². The molecule has 0 aliphatic carbocycles. The highest BCUT2D eigenvalue weighted by Crippen LogP contribution is 2.22. The predicted molar refractivity (Wildman–Crippen MR) is 88.2 cm³/mol. The first-order valence-corrected chi connectivity index (χ1v) is 8.19. The van der Waals surface area contributed by atoms with E-state index < -0.39 is 6.10 Å². The second-order valence-electron chi connectivity index (χ2n) is 4.81. The van der Waals surface area contributed by atoms with Crippen molar-refractivity contribution in [3.05, 3.63) is 51.7 Å². The Kier molecular flexibility index (Phi) is 6.51. The number of ether oxygens (including phenoxy) is 1. The topological polar surface area (TPSA) is 32.7 Å². The van der Waals surface area contributed by atoms with Crippen LogP contribution in [0.25, 0.3) is 0 Å². The standard InChI is InChI=1S/C16H20ClNO2S/c1-2-18(11-15-8-9-16(17)21-15)10-13(19)12-20-14-6-4-3-5-7-14/h3-9,13,19H,2,10-12H2,1H3. The highest BCUT2D eigenvalue weighted by atomic mass is 35.5. The summed E-state index contributed by atoms with van der Waals surface area (Å²) < 4.78 is 6.37. The molecule has 1 atom stereocenters. The van der Waals surface area contributed by atoms with E-state index in [-0.39, 0.29) is 0 Å². The second-order valence-corrected chi connectivity index (χ2v) is 6.61. The normalized spacial score (nSPS) is 12.6. The monoisotopic (exact) mass is 325 g/mol. The molecule has 0 radical (unpaired) electrons. The molecule has 21 heavy (non-hydrogen) atoms. The third-order valence-electron chi connectivity index (χ3n) is 3.11. The van der Waals surface area contributed by atoms with Crippen molar-refractivity contribution in [2.24, 2.45) is 0 Å². The van der Waals surface area contributed by atoms with Gasteiger partial charge in [0.05, 0.1) is 4.34 Å². The van der Waals surface area contributed by atoms with Gasteiger partial charge in [-0.05, 0) is 30.8 Å². The Morgan fingerprint density at radius 3 is 2.62 bits per heavy atom. The van der Waals surface area contributed by atoms with Crippen LogP contribution in [0.5, 0.6) is 5.75 Å². The molecule has 0 saturated carbocycles. The van der Waals surface area contributed by atoms with E-state index in [1.807, 2.05) is 42.5 Å². The quantitative estimate of drug-likeness (QED) is 0.804. The van der Waals surface area contributed by atoms with Crippen molar-refractivity contribution < 1.29 is 9.84 Å². The number of hydrogen-bond donors (Lipinski definition) is 1. The Balaban J connectivity index is 1.78. The van der Waals surface area contributed by atoms with Gasteiger partial charge in [-0.3, -0.25) is 4.90 Å². The Morgan fingerprint density at radius 2 is 2.00 bits per heavy atom. The molecule has 1 aromatic heterocycles. The van der Waals surface area contributed by atoms with Crippen LogP contribution in [-0.4, -0.2) is 35.8 Å². The first kappa shape index (κ1) is 16.3. The molecule has 0 fully saturated rings. The number of aliphatic hydroxyl groups excluding tert-OH is 1. The minimum atomic E-state index is -0.513. The van der Waals surface area contributed by atoms with Gasteiger partial charge in [-0.1, -0.05) is 36.7 Å². The van der Waals surface area contributed by atoms with Gasteiger partial charge in [0.25, 0.3) is 0 Å². The van der Waals surface area contributed by atoms with E-state index in [4.69, 9.17) is 16.3 Å². The maximum Gasteiger partial charge on any atom is 0.119 e. The molecule has 3 nitrogen and oxygen atoms in total. The van der Waals surface area contributed by atoms with Gasteiger partial charge in [0.1, 0.15) is 18.5 Å². The van der Waals surface area contributed by atoms with Crippen LogP contribution < -0.4 is 4.74 Å². The molecular weight excluding hydrogens is 306 g/mol. The minimum absolute atomic E-state index is 0.297. The lowest BCUT2D eigenvalue weighted by molar-refractivity contribution is 0.0678. The summed E-state index contributed by atoms with van der Waals surface area (Å²) in [5.74, 6) is 0.782. The summed E-state index contributed by atoms with van der Waals surface area (Å²) in [4.78, 5) is 3.39. The van der Waals surface area contributed by atoms with E-state index >= 15 is 0 Å². The Labute approximate surface area is 134 Å². The lowest BCUT2D eigenvalue weighted by Crippen LogP contribution is -2.35. The molecule has 1 unspecified atom stereocenters. The molecule has 2 rings (SSSR count). The molecule has 0 saturated heterocycles. The molecule has 0 amide bonds. The highest BCUT2D eigenvalue weighted by molar-refractivity contribution is 7.16. The molecule has 1 aromatic carbocycles. The molecule has 0 aliphatic heterocycles.